The van der Waals surface area contributed by atoms with Gasteiger partial charge in [-0.05, 0) is 48.9 Å². The number of halogens is 1. The molecule has 0 radical (unpaired) electrons. The van der Waals surface area contributed by atoms with E-state index in [2.05, 4.69) is 15.2 Å². The molecule has 3 aromatic carbocycles. The third-order valence-electron chi connectivity index (χ3n) is 4.27. The normalized spacial score (nSPS) is 11.3. The molecule has 3 aromatic rings. The molecule has 172 valence electrons. The Bertz CT molecular complexity index is 1310. The number of anilines is 2. The third-order valence-corrected chi connectivity index (χ3v) is 6.00. The van der Waals surface area contributed by atoms with Crippen molar-refractivity contribution in [1.29, 1.82) is 0 Å². The maximum atomic E-state index is 13.0. The first-order valence-electron chi connectivity index (χ1n) is 9.52. The molecule has 0 heterocycles. The molecule has 0 aliphatic carbocycles. The van der Waals surface area contributed by atoms with E-state index >= 15 is 0 Å². The van der Waals surface area contributed by atoms with E-state index in [0.29, 0.717) is 12.2 Å². The van der Waals surface area contributed by atoms with Gasteiger partial charge in [0.15, 0.2) is 11.5 Å². The monoisotopic (exact) mass is 490 g/mol. The van der Waals surface area contributed by atoms with Crippen LogP contribution in [0.1, 0.15) is 12.5 Å². The lowest BCUT2D eigenvalue weighted by molar-refractivity contribution is -0.385. The van der Waals surface area contributed by atoms with Gasteiger partial charge in [0.05, 0.1) is 34.1 Å². The lowest BCUT2D eigenvalue weighted by Crippen LogP contribution is -2.15. The van der Waals surface area contributed by atoms with Crippen LogP contribution in [-0.2, 0) is 10.0 Å². The summed E-state index contributed by atoms with van der Waals surface area (Å²) in [6, 6.07) is 14.1. The Balaban J connectivity index is 1.93. The number of aromatic hydroxyl groups is 1. The lowest BCUT2D eigenvalue weighted by atomic mass is 10.2. The maximum absolute atomic E-state index is 13.0. The molecule has 33 heavy (non-hydrogen) atoms. The fraction of sp³-hybridized carbons (Fsp3) is 0.0952. The number of hydrogen-bond donors (Lipinski definition) is 3. The number of para-hydroxylation sites is 1. The average Bonchev–Trinajstić information content (AvgIpc) is 2.77. The molecular formula is C21H19ClN4O6S. The Morgan fingerprint density at radius 3 is 2.61 bits per heavy atom. The number of rotatable bonds is 9. The van der Waals surface area contributed by atoms with Crippen LogP contribution in [0.4, 0.5) is 17.1 Å². The largest absolute Gasteiger partial charge is 0.504 e. The Kier molecular flexibility index (Phi) is 7.36. The zero-order valence-electron chi connectivity index (χ0n) is 17.2. The predicted molar refractivity (Wildman–Crippen MR) is 126 cm³/mol. The SMILES string of the molecule is CCOc1cc(/C=N\Nc2ccc([N+](=O)[O-])cc2S(=O)(=O)Nc2ccccc2Cl)ccc1O. The van der Waals surface area contributed by atoms with E-state index in [4.69, 9.17) is 16.3 Å². The number of sulfonamides is 1. The van der Waals surface area contributed by atoms with Crippen LogP contribution >= 0.6 is 11.6 Å². The van der Waals surface area contributed by atoms with E-state index in [1.54, 1.807) is 31.2 Å². The van der Waals surface area contributed by atoms with Gasteiger partial charge in [-0.15, -0.1) is 0 Å². The number of benzene rings is 3. The van der Waals surface area contributed by atoms with Gasteiger partial charge in [0.25, 0.3) is 15.7 Å². The minimum Gasteiger partial charge on any atom is -0.504 e. The van der Waals surface area contributed by atoms with Crippen molar-refractivity contribution in [1.82, 2.24) is 0 Å². The highest BCUT2D eigenvalue weighted by Crippen LogP contribution is 2.30. The molecule has 0 aliphatic rings. The van der Waals surface area contributed by atoms with Crippen molar-refractivity contribution >= 4 is 44.9 Å². The topological polar surface area (TPSA) is 143 Å². The summed E-state index contributed by atoms with van der Waals surface area (Å²) in [6.45, 7) is 2.13. The quantitative estimate of drug-likeness (QED) is 0.226. The number of phenols is 1. The number of ether oxygens (including phenoxy) is 1. The van der Waals surface area contributed by atoms with Crippen molar-refractivity contribution in [3.8, 4) is 11.5 Å². The van der Waals surface area contributed by atoms with Crippen LogP contribution < -0.4 is 14.9 Å². The second kappa shape index (κ2) is 10.2. The minimum atomic E-state index is -4.27. The number of hydrazone groups is 1. The molecule has 0 bridgehead atoms. The van der Waals surface area contributed by atoms with Gasteiger partial charge < -0.3 is 9.84 Å². The Labute approximate surface area is 194 Å². The molecule has 0 aliphatic heterocycles. The summed E-state index contributed by atoms with van der Waals surface area (Å²) in [7, 11) is -4.27. The number of phenolic OH excluding ortho intramolecular Hbond substituents is 1. The van der Waals surface area contributed by atoms with E-state index in [1.807, 2.05) is 0 Å². The third kappa shape index (κ3) is 5.90. The van der Waals surface area contributed by atoms with Crippen LogP contribution in [0.5, 0.6) is 11.5 Å². The number of nitrogens with zero attached hydrogens (tertiary/aromatic N) is 2. The highest BCUT2D eigenvalue weighted by atomic mass is 35.5. The molecule has 0 fully saturated rings. The fourth-order valence-corrected chi connectivity index (χ4v) is 4.24. The Hall–Kier alpha value is -3.83. The number of non-ortho nitro benzene ring substituents is 1. The Morgan fingerprint density at radius 2 is 1.91 bits per heavy atom. The molecule has 10 nitrogen and oxygen atoms in total. The summed E-state index contributed by atoms with van der Waals surface area (Å²) in [4.78, 5) is 10.1. The first-order valence-corrected chi connectivity index (χ1v) is 11.4. The van der Waals surface area contributed by atoms with Gasteiger partial charge >= 0.3 is 0 Å². The smallest absolute Gasteiger partial charge is 0.270 e. The van der Waals surface area contributed by atoms with Gasteiger partial charge in [0, 0.05) is 12.1 Å². The first-order chi connectivity index (χ1) is 15.7. The molecule has 0 unspecified atom stereocenters. The summed E-state index contributed by atoms with van der Waals surface area (Å²) in [5.74, 6) is 0.236. The number of nitro benzene ring substituents is 1. The molecule has 0 spiro atoms. The maximum Gasteiger partial charge on any atom is 0.270 e. The van der Waals surface area contributed by atoms with Crippen molar-refractivity contribution in [2.45, 2.75) is 11.8 Å². The summed E-state index contributed by atoms with van der Waals surface area (Å²) in [5, 5.41) is 25.2. The zero-order valence-corrected chi connectivity index (χ0v) is 18.8. The van der Waals surface area contributed by atoms with E-state index in [9.17, 15) is 23.6 Å². The van der Waals surface area contributed by atoms with Crippen molar-refractivity contribution in [3.05, 3.63) is 81.4 Å². The van der Waals surface area contributed by atoms with Crippen molar-refractivity contribution in [2.24, 2.45) is 5.10 Å². The van der Waals surface area contributed by atoms with Gasteiger partial charge in [-0.2, -0.15) is 5.10 Å². The summed E-state index contributed by atoms with van der Waals surface area (Å²) >= 11 is 6.03. The van der Waals surface area contributed by atoms with Gasteiger partial charge in [-0.1, -0.05) is 23.7 Å². The predicted octanol–water partition coefficient (Wildman–Crippen LogP) is 4.60. The van der Waals surface area contributed by atoms with Crippen molar-refractivity contribution in [3.63, 3.8) is 0 Å². The molecule has 0 aromatic heterocycles. The number of nitrogens with one attached hydrogen (secondary N) is 2. The Morgan fingerprint density at radius 1 is 1.15 bits per heavy atom. The molecule has 0 saturated heterocycles. The van der Waals surface area contributed by atoms with Crippen LogP contribution in [0.2, 0.25) is 5.02 Å². The first kappa shape index (κ1) is 23.8. The van der Waals surface area contributed by atoms with Crippen LogP contribution in [0, 0.1) is 10.1 Å². The standard InChI is InChI=1S/C21H19ClN4O6S/c1-2-32-20-11-14(7-10-19(20)27)13-23-24-18-9-8-15(26(28)29)12-21(18)33(30,31)25-17-6-4-3-5-16(17)22/h3-13,24-25,27H,2H2,1H3/b23-13-. The molecule has 3 N–H and O–H groups in total. The second-order valence-electron chi connectivity index (χ2n) is 6.55. The van der Waals surface area contributed by atoms with Crippen molar-refractivity contribution < 1.29 is 23.2 Å². The summed E-state index contributed by atoms with van der Waals surface area (Å²) < 4.78 is 33.7. The van der Waals surface area contributed by atoms with Crippen molar-refractivity contribution in [2.75, 3.05) is 16.8 Å². The highest BCUT2D eigenvalue weighted by molar-refractivity contribution is 7.93. The molecule has 0 saturated carbocycles. The van der Waals surface area contributed by atoms with Crippen LogP contribution in [-0.4, -0.2) is 31.3 Å². The molecule has 0 amide bonds. The van der Waals surface area contributed by atoms with E-state index in [1.165, 1.54) is 30.5 Å². The number of nitro groups is 1. The minimum absolute atomic E-state index is 0.000198. The fourth-order valence-electron chi connectivity index (χ4n) is 2.74. The van der Waals surface area contributed by atoms with E-state index < -0.39 is 25.5 Å². The molecule has 3 rings (SSSR count). The van der Waals surface area contributed by atoms with Crippen LogP contribution in [0.15, 0.2) is 70.7 Å². The zero-order chi connectivity index (χ0) is 24.0. The highest BCUT2D eigenvalue weighted by Gasteiger charge is 2.23. The summed E-state index contributed by atoms with van der Waals surface area (Å²) in [6.07, 6.45) is 1.38. The van der Waals surface area contributed by atoms with Crippen LogP contribution in [0.25, 0.3) is 0 Å². The second-order valence-corrected chi connectivity index (χ2v) is 8.61. The van der Waals surface area contributed by atoms with E-state index in [0.717, 1.165) is 12.1 Å². The molecule has 12 heteroatoms. The molecule has 0 atom stereocenters. The average molecular weight is 491 g/mol. The van der Waals surface area contributed by atoms with Gasteiger partial charge in [0.2, 0.25) is 0 Å². The number of hydrogen-bond acceptors (Lipinski definition) is 8. The van der Waals surface area contributed by atoms with Gasteiger partial charge in [-0.3, -0.25) is 20.3 Å². The summed E-state index contributed by atoms with van der Waals surface area (Å²) in [5.41, 5.74) is 2.86. The van der Waals surface area contributed by atoms with Gasteiger partial charge in [-0.25, -0.2) is 8.42 Å². The van der Waals surface area contributed by atoms with Gasteiger partial charge in [0.1, 0.15) is 4.90 Å². The molecular weight excluding hydrogens is 472 g/mol. The lowest BCUT2D eigenvalue weighted by Gasteiger charge is -2.13. The van der Waals surface area contributed by atoms with E-state index in [-0.39, 0.29) is 27.9 Å². The van der Waals surface area contributed by atoms with Crippen LogP contribution in [0.3, 0.4) is 0 Å².